The van der Waals surface area contributed by atoms with E-state index in [2.05, 4.69) is 20.8 Å². The van der Waals surface area contributed by atoms with Gasteiger partial charge in [-0.2, -0.15) is 0 Å². The first kappa shape index (κ1) is 13.9. The van der Waals surface area contributed by atoms with Crippen molar-refractivity contribution < 1.29 is 9.53 Å². The number of rotatable bonds is 1. The van der Waals surface area contributed by atoms with E-state index >= 15 is 0 Å². The molecule has 19 heavy (non-hydrogen) atoms. The molecule has 0 N–H and O–H groups in total. The van der Waals surface area contributed by atoms with Gasteiger partial charge in [-0.15, -0.1) is 0 Å². The van der Waals surface area contributed by atoms with Gasteiger partial charge in [0.2, 0.25) is 5.91 Å². The van der Waals surface area contributed by atoms with Crippen LogP contribution in [0.4, 0.5) is 0 Å². The Bertz CT molecular complexity index is 462. The molecule has 1 aliphatic rings. The zero-order chi connectivity index (χ0) is 14.0. The molecule has 104 valence electrons. The van der Waals surface area contributed by atoms with E-state index in [1.807, 2.05) is 36.1 Å². The molecule has 0 saturated heterocycles. The Kier molecular flexibility index (Phi) is 3.83. The van der Waals surface area contributed by atoms with Crippen LogP contribution >= 0.6 is 0 Å². The predicted molar refractivity (Wildman–Crippen MR) is 76.0 cm³/mol. The summed E-state index contributed by atoms with van der Waals surface area (Å²) in [6, 6.07) is 7.97. The molecule has 0 aliphatic carbocycles. The third-order valence-electron chi connectivity index (χ3n) is 3.17. The Morgan fingerprint density at radius 2 is 2.05 bits per heavy atom. The molecule has 3 nitrogen and oxygen atoms in total. The zero-order valence-electron chi connectivity index (χ0n) is 12.3. The highest BCUT2D eigenvalue weighted by molar-refractivity contribution is 5.77. The molecule has 3 heteroatoms. The Hall–Kier alpha value is -1.51. The van der Waals surface area contributed by atoms with Gasteiger partial charge in [0.25, 0.3) is 0 Å². The lowest BCUT2D eigenvalue weighted by Crippen LogP contribution is -2.37. The fourth-order valence-electron chi connectivity index (χ4n) is 2.34. The monoisotopic (exact) mass is 261 g/mol. The SMILES string of the molecule is CC1CN(C(=O)CC(C)(C)C)Cc2ccccc2O1. The smallest absolute Gasteiger partial charge is 0.223 e. The van der Waals surface area contributed by atoms with Crippen LogP contribution in [0, 0.1) is 5.41 Å². The normalized spacial score (nSPS) is 19.4. The molecule has 1 aromatic carbocycles. The van der Waals surface area contributed by atoms with Crippen LogP contribution in [0.5, 0.6) is 5.75 Å². The highest BCUT2D eigenvalue weighted by Gasteiger charge is 2.26. The third kappa shape index (κ3) is 3.72. The summed E-state index contributed by atoms with van der Waals surface area (Å²) in [6.07, 6.45) is 0.606. The molecule has 1 unspecified atom stereocenters. The number of para-hydroxylation sites is 1. The molecule has 1 aliphatic heterocycles. The highest BCUT2D eigenvalue weighted by atomic mass is 16.5. The second kappa shape index (κ2) is 5.24. The Morgan fingerprint density at radius 3 is 2.74 bits per heavy atom. The fourth-order valence-corrected chi connectivity index (χ4v) is 2.34. The minimum absolute atomic E-state index is 0.0208. The van der Waals surface area contributed by atoms with Crippen molar-refractivity contribution in [2.45, 2.75) is 46.8 Å². The maximum absolute atomic E-state index is 12.4. The first-order chi connectivity index (χ1) is 8.85. The molecule has 0 spiro atoms. The maximum atomic E-state index is 12.4. The van der Waals surface area contributed by atoms with E-state index in [4.69, 9.17) is 4.74 Å². The molecule has 1 atom stereocenters. The van der Waals surface area contributed by atoms with E-state index in [0.717, 1.165) is 11.3 Å². The van der Waals surface area contributed by atoms with Crippen molar-refractivity contribution in [3.63, 3.8) is 0 Å². The molecular weight excluding hydrogens is 238 g/mol. The molecule has 0 fully saturated rings. The van der Waals surface area contributed by atoms with Gasteiger partial charge in [-0.25, -0.2) is 0 Å². The number of ether oxygens (including phenoxy) is 1. The molecular formula is C16H23NO2. The van der Waals surface area contributed by atoms with E-state index in [0.29, 0.717) is 19.5 Å². The summed E-state index contributed by atoms with van der Waals surface area (Å²) in [6.45, 7) is 9.60. The van der Waals surface area contributed by atoms with Crippen LogP contribution in [0.15, 0.2) is 24.3 Å². The van der Waals surface area contributed by atoms with Gasteiger partial charge in [-0.1, -0.05) is 39.0 Å². The minimum Gasteiger partial charge on any atom is -0.489 e. The first-order valence-corrected chi connectivity index (χ1v) is 6.87. The van der Waals surface area contributed by atoms with Crippen LogP contribution in [-0.2, 0) is 11.3 Å². The molecule has 0 bridgehead atoms. The van der Waals surface area contributed by atoms with Crippen molar-refractivity contribution in [2.24, 2.45) is 5.41 Å². The summed E-state index contributed by atoms with van der Waals surface area (Å²) < 4.78 is 5.87. The number of hydrogen-bond acceptors (Lipinski definition) is 2. The van der Waals surface area contributed by atoms with Gasteiger partial charge in [-0.05, 0) is 18.4 Å². The summed E-state index contributed by atoms with van der Waals surface area (Å²) in [5.74, 6) is 1.11. The lowest BCUT2D eigenvalue weighted by molar-refractivity contribution is -0.134. The summed E-state index contributed by atoms with van der Waals surface area (Å²) in [4.78, 5) is 14.3. The quantitative estimate of drug-likeness (QED) is 0.776. The van der Waals surface area contributed by atoms with E-state index in [-0.39, 0.29) is 17.4 Å². The first-order valence-electron chi connectivity index (χ1n) is 6.87. The zero-order valence-corrected chi connectivity index (χ0v) is 12.3. The van der Waals surface area contributed by atoms with E-state index in [1.54, 1.807) is 0 Å². The van der Waals surface area contributed by atoms with Crippen LogP contribution in [0.3, 0.4) is 0 Å². The number of benzene rings is 1. The molecule has 2 rings (SSSR count). The average Bonchev–Trinajstić information content (AvgIpc) is 2.44. The Labute approximate surface area is 115 Å². The lowest BCUT2D eigenvalue weighted by atomic mass is 9.91. The maximum Gasteiger partial charge on any atom is 0.223 e. The Balaban J connectivity index is 2.17. The van der Waals surface area contributed by atoms with Crippen LogP contribution in [0.1, 0.15) is 39.7 Å². The fraction of sp³-hybridized carbons (Fsp3) is 0.562. The third-order valence-corrected chi connectivity index (χ3v) is 3.17. The minimum atomic E-state index is 0.0208. The van der Waals surface area contributed by atoms with Gasteiger partial charge < -0.3 is 9.64 Å². The topological polar surface area (TPSA) is 29.5 Å². The molecule has 1 heterocycles. The van der Waals surface area contributed by atoms with Gasteiger partial charge in [0.05, 0.1) is 6.54 Å². The standard InChI is InChI=1S/C16H23NO2/c1-12-10-17(15(18)9-16(2,3)4)11-13-7-5-6-8-14(13)19-12/h5-8,12H,9-11H2,1-4H3. The van der Waals surface area contributed by atoms with Crippen molar-refractivity contribution in [1.29, 1.82) is 0 Å². The number of amides is 1. The number of hydrogen-bond donors (Lipinski definition) is 0. The van der Waals surface area contributed by atoms with Crippen LogP contribution in [0.25, 0.3) is 0 Å². The van der Waals surface area contributed by atoms with E-state index in [9.17, 15) is 4.79 Å². The average molecular weight is 261 g/mol. The van der Waals surface area contributed by atoms with Crippen molar-refractivity contribution in [1.82, 2.24) is 4.90 Å². The van der Waals surface area contributed by atoms with Gasteiger partial charge in [-0.3, -0.25) is 4.79 Å². The van der Waals surface area contributed by atoms with Crippen molar-refractivity contribution in [3.8, 4) is 5.75 Å². The van der Waals surface area contributed by atoms with Gasteiger partial charge in [0.15, 0.2) is 0 Å². The second-order valence-electron chi connectivity index (χ2n) is 6.55. The van der Waals surface area contributed by atoms with Crippen LogP contribution in [0.2, 0.25) is 0 Å². The van der Waals surface area contributed by atoms with Crippen LogP contribution in [-0.4, -0.2) is 23.5 Å². The number of carbonyl (C=O) groups excluding carboxylic acids is 1. The second-order valence-corrected chi connectivity index (χ2v) is 6.55. The number of carbonyl (C=O) groups is 1. The van der Waals surface area contributed by atoms with Gasteiger partial charge in [0.1, 0.15) is 11.9 Å². The van der Waals surface area contributed by atoms with E-state index in [1.165, 1.54) is 0 Å². The summed E-state index contributed by atoms with van der Waals surface area (Å²) in [5.41, 5.74) is 1.11. The molecule has 1 amide bonds. The van der Waals surface area contributed by atoms with Crippen molar-refractivity contribution in [3.05, 3.63) is 29.8 Å². The van der Waals surface area contributed by atoms with Crippen molar-refractivity contribution in [2.75, 3.05) is 6.54 Å². The van der Waals surface area contributed by atoms with Crippen molar-refractivity contribution >= 4 is 5.91 Å². The summed E-state index contributed by atoms with van der Waals surface area (Å²) in [5, 5.41) is 0. The molecule has 0 saturated carbocycles. The highest BCUT2D eigenvalue weighted by Crippen LogP contribution is 2.27. The molecule has 1 aromatic rings. The van der Waals surface area contributed by atoms with Gasteiger partial charge in [0, 0.05) is 18.5 Å². The molecule has 0 aromatic heterocycles. The largest absolute Gasteiger partial charge is 0.489 e. The lowest BCUT2D eigenvalue weighted by Gasteiger charge is -2.26. The number of nitrogens with zero attached hydrogens (tertiary/aromatic N) is 1. The molecule has 0 radical (unpaired) electrons. The predicted octanol–water partition coefficient (Wildman–Crippen LogP) is 3.23. The summed E-state index contributed by atoms with van der Waals surface area (Å²) in [7, 11) is 0. The van der Waals surface area contributed by atoms with E-state index < -0.39 is 0 Å². The Morgan fingerprint density at radius 1 is 1.37 bits per heavy atom. The number of fused-ring (bicyclic) bond motifs is 1. The van der Waals surface area contributed by atoms with Gasteiger partial charge >= 0.3 is 0 Å². The summed E-state index contributed by atoms with van der Waals surface area (Å²) >= 11 is 0. The van der Waals surface area contributed by atoms with Crippen LogP contribution < -0.4 is 4.74 Å².